The van der Waals surface area contributed by atoms with Gasteiger partial charge >= 0.3 is 0 Å². The predicted octanol–water partition coefficient (Wildman–Crippen LogP) is 3.84. The van der Waals surface area contributed by atoms with E-state index >= 15 is 0 Å². The van der Waals surface area contributed by atoms with Gasteiger partial charge in [0.25, 0.3) is 0 Å². The van der Waals surface area contributed by atoms with Crippen molar-refractivity contribution in [3.05, 3.63) is 11.9 Å². The summed E-state index contributed by atoms with van der Waals surface area (Å²) in [6, 6.07) is 0. The molecule has 0 bridgehead atoms. The molecule has 1 aliphatic rings. The molecule has 1 heterocycles. The van der Waals surface area contributed by atoms with E-state index in [1.807, 2.05) is 0 Å². The molecule has 0 amide bonds. The topological polar surface area (TPSA) is 29.9 Å². The minimum Gasteiger partial charge on any atom is -0.356 e. The lowest BCUT2D eigenvalue weighted by molar-refractivity contribution is 0.281. The normalized spacial score (nSPS) is 24.2. The minimum absolute atomic E-state index is 0.930. The Kier molecular flexibility index (Phi) is 4.67. The van der Waals surface area contributed by atoms with Crippen LogP contribution in [-0.4, -0.2) is 16.1 Å². The molecule has 2 rings (SSSR count). The Labute approximate surface area is 111 Å². The van der Waals surface area contributed by atoms with Gasteiger partial charge in [-0.3, -0.25) is 0 Å². The third-order valence-corrected chi connectivity index (χ3v) is 4.21. The second-order valence-corrected chi connectivity index (χ2v) is 5.83. The van der Waals surface area contributed by atoms with Crippen LogP contribution in [0.3, 0.4) is 0 Å². The van der Waals surface area contributed by atoms with Crippen molar-refractivity contribution in [2.45, 2.75) is 59.4 Å². The van der Waals surface area contributed by atoms with Gasteiger partial charge in [0.15, 0.2) is 0 Å². The summed E-state index contributed by atoms with van der Waals surface area (Å²) in [7, 11) is 0. The van der Waals surface area contributed by atoms with Gasteiger partial charge in [0.05, 0.1) is 5.69 Å². The van der Waals surface area contributed by atoms with E-state index in [0.717, 1.165) is 36.6 Å². The number of aromatic nitrogens is 2. The largest absolute Gasteiger partial charge is 0.356 e. The number of hydrogen-bond donors (Lipinski definition) is 1. The first-order valence-electron chi connectivity index (χ1n) is 7.46. The molecule has 0 saturated heterocycles. The zero-order valence-electron chi connectivity index (χ0n) is 12.1. The maximum atomic E-state index is 4.53. The molecule has 1 fully saturated rings. The minimum atomic E-state index is 0.930. The average molecular weight is 249 g/mol. The van der Waals surface area contributed by atoms with Gasteiger partial charge in [0.2, 0.25) is 5.95 Å². The third kappa shape index (κ3) is 3.50. The first kappa shape index (κ1) is 13.4. The monoisotopic (exact) mass is 249 g/mol. The van der Waals surface area contributed by atoms with Crippen LogP contribution in [0.1, 0.15) is 51.6 Å². The molecule has 1 aromatic heterocycles. The van der Waals surface area contributed by atoms with Crippen LogP contribution in [0.25, 0.3) is 0 Å². The van der Waals surface area contributed by atoms with Crippen LogP contribution in [0.2, 0.25) is 0 Å². The Hall–Kier alpha value is -0.990. The summed E-state index contributed by atoms with van der Waals surface area (Å²) < 4.78 is 2.19. The SMILES string of the molecule is CCn1cc(C)nc1NCCC1CCC(C)CC1. The fraction of sp³-hybridized carbons (Fsp3) is 0.800. The maximum absolute atomic E-state index is 4.53. The number of nitrogens with zero attached hydrogens (tertiary/aromatic N) is 2. The van der Waals surface area contributed by atoms with Gasteiger partial charge < -0.3 is 9.88 Å². The van der Waals surface area contributed by atoms with Crippen LogP contribution in [0.4, 0.5) is 5.95 Å². The Balaban J connectivity index is 1.74. The van der Waals surface area contributed by atoms with Crippen molar-refractivity contribution in [2.24, 2.45) is 11.8 Å². The summed E-state index contributed by atoms with van der Waals surface area (Å²) in [5.74, 6) is 2.93. The molecule has 0 radical (unpaired) electrons. The lowest BCUT2D eigenvalue weighted by Gasteiger charge is -2.26. The van der Waals surface area contributed by atoms with Crippen molar-refractivity contribution in [1.29, 1.82) is 0 Å². The van der Waals surface area contributed by atoms with E-state index in [4.69, 9.17) is 0 Å². The number of anilines is 1. The first-order chi connectivity index (χ1) is 8.69. The number of rotatable bonds is 5. The molecule has 1 saturated carbocycles. The molecule has 1 N–H and O–H groups in total. The van der Waals surface area contributed by atoms with Gasteiger partial charge in [-0.25, -0.2) is 4.98 Å². The molecule has 1 aromatic rings. The summed E-state index contributed by atoms with van der Waals surface area (Å²) in [5.41, 5.74) is 1.10. The molecular weight excluding hydrogens is 222 g/mol. The van der Waals surface area contributed by atoms with Crippen LogP contribution in [-0.2, 0) is 6.54 Å². The Bertz CT molecular complexity index is 362. The molecule has 0 aromatic carbocycles. The Morgan fingerprint density at radius 3 is 2.72 bits per heavy atom. The van der Waals surface area contributed by atoms with Gasteiger partial charge in [-0.15, -0.1) is 0 Å². The lowest BCUT2D eigenvalue weighted by atomic mass is 9.81. The van der Waals surface area contributed by atoms with Crippen LogP contribution < -0.4 is 5.32 Å². The van der Waals surface area contributed by atoms with E-state index in [0.29, 0.717) is 0 Å². The summed E-state index contributed by atoms with van der Waals surface area (Å²) in [6.07, 6.45) is 9.10. The molecule has 0 atom stereocenters. The van der Waals surface area contributed by atoms with Crippen molar-refractivity contribution >= 4 is 5.95 Å². The standard InChI is InChI=1S/C15H27N3/c1-4-18-11-13(3)17-15(18)16-10-9-14-7-5-12(2)6-8-14/h11-12,14H,4-10H2,1-3H3,(H,16,17). The summed E-state index contributed by atoms with van der Waals surface area (Å²) >= 11 is 0. The lowest BCUT2D eigenvalue weighted by Crippen LogP contribution is -2.16. The van der Waals surface area contributed by atoms with Crippen LogP contribution in [0.5, 0.6) is 0 Å². The van der Waals surface area contributed by atoms with Crippen LogP contribution in [0.15, 0.2) is 6.20 Å². The van der Waals surface area contributed by atoms with Gasteiger partial charge in [-0.1, -0.05) is 32.6 Å². The van der Waals surface area contributed by atoms with Crippen molar-refractivity contribution in [2.75, 3.05) is 11.9 Å². The predicted molar refractivity (Wildman–Crippen MR) is 76.9 cm³/mol. The number of aryl methyl sites for hydroxylation is 2. The van der Waals surface area contributed by atoms with Crippen molar-refractivity contribution < 1.29 is 0 Å². The quantitative estimate of drug-likeness (QED) is 0.859. The van der Waals surface area contributed by atoms with Crippen molar-refractivity contribution in [3.8, 4) is 0 Å². The highest BCUT2D eigenvalue weighted by Crippen LogP contribution is 2.30. The molecular formula is C15H27N3. The summed E-state index contributed by atoms with van der Waals surface area (Å²) in [4.78, 5) is 4.53. The molecule has 1 aliphatic carbocycles. The van der Waals surface area contributed by atoms with E-state index in [1.165, 1.54) is 32.1 Å². The summed E-state index contributed by atoms with van der Waals surface area (Å²) in [5, 5.41) is 3.50. The number of nitrogens with one attached hydrogen (secondary N) is 1. The highest BCUT2D eigenvalue weighted by molar-refractivity contribution is 5.28. The van der Waals surface area contributed by atoms with Crippen LogP contribution in [0, 0.1) is 18.8 Å². The number of imidazole rings is 1. The van der Waals surface area contributed by atoms with Gasteiger partial charge in [0.1, 0.15) is 0 Å². The average Bonchev–Trinajstić information content (AvgIpc) is 2.72. The molecule has 0 aliphatic heterocycles. The Morgan fingerprint density at radius 2 is 2.06 bits per heavy atom. The van der Waals surface area contributed by atoms with E-state index in [-0.39, 0.29) is 0 Å². The zero-order chi connectivity index (χ0) is 13.0. The smallest absolute Gasteiger partial charge is 0.203 e. The fourth-order valence-corrected chi connectivity index (χ4v) is 2.93. The van der Waals surface area contributed by atoms with Crippen LogP contribution >= 0.6 is 0 Å². The van der Waals surface area contributed by atoms with E-state index in [9.17, 15) is 0 Å². The Morgan fingerprint density at radius 1 is 1.33 bits per heavy atom. The van der Waals surface area contributed by atoms with E-state index in [1.54, 1.807) is 0 Å². The van der Waals surface area contributed by atoms with Gasteiger partial charge in [0, 0.05) is 19.3 Å². The van der Waals surface area contributed by atoms with Gasteiger partial charge in [-0.2, -0.15) is 0 Å². The van der Waals surface area contributed by atoms with E-state index in [2.05, 4.69) is 41.8 Å². The van der Waals surface area contributed by atoms with Crippen molar-refractivity contribution in [1.82, 2.24) is 9.55 Å². The molecule has 102 valence electrons. The highest BCUT2D eigenvalue weighted by atomic mass is 15.2. The fourth-order valence-electron chi connectivity index (χ4n) is 2.93. The first-order valence-corrected chi connectivity index (χ1v) is 7.46. The van der Waals surface area contributed by atoms with Gasteiger partial charge in [-0.05, 0) is 32.1 Å². The molecule has 18 heavy (non-hydrogen) atoms. The molecule has 0 spiro atoms. The summed E-state index contributed by atoms with van der Waals surface area (Å²) in [6.45, 7) is 8.66. The molecule has 3 nitrogen and oxygen atoms in total. The second-order valence-electron chi connectivity index (χ2n) is 5.83. The third-order valence-electron chi connectivity index (χ3n) is 4.21. The van der Waals surface area contributed by atoms with Crippen molar-refractivity contribution in [3.63, 3.8) is 0 Å². The zero-order valence-corrected chi connectivity index (χ0v) is 12.1. The van der Waals surface area contributed by atoms with E-state index < -0.39 is 0 Å². The maximum Gasteiger partial charge on any atom is 0.203 e. The highest BCUT2D eigenvalue weighted by Gasteiger charge is 2.17. The molecule has 0 unspecified atom stereocenters. The number of hydrogen-bond acceptors (Lipinski definition) is 2. The second kappa shape index (κ2) is 6.26. The molecule has 3 heteroatoms.